The lowest BCUT2D eigenvalue weighted by Gasteiger charge is -2.12. The van der Waals surface area contributed by atoms with E-state index in [1.807, 2.05) is 6.07 Å². The summed E-state index contributed by atoms with van der Waals surface area (Å²) in [5.74, 6) is -0.663. The zero-order valence-corrected chi connectivity index (χ0v) is 18.0. The molecule has 7 heteroatoms. The molecule has 0 aromatic heterocycles. The number of nitrogens with one attached hydrogen (secondary N) is 1. The Kier molecular flexibility index (Phi) is 6.30. The van der Waals surface area contributed by atoms with Gasteiger partial charge in [-0.25, -0.2) is 8.42 Å². The Morgan fingerprint density at radius 1 is 0.897 bits per heavy atom. The third kappa shape index (κ3) is 4.81. The summed E-state index contributed by atoms with van der Waals surface area (Å²) in [4.78, 5) is 25.7. The molecule has 148 valence electrons. The van der Waals surface area contributed by atoms with E-state index in [0.29, 0.717) is 26.9 Å². The first-order valence-electron chi connectivity index (χ1n) is 8.85. The van der Waals surface area contributed by atoms with Crippen LogP contribution in [0.5, 0.6) is 0 Å². The van der Waals surface area contributed by atoms with Gasteiger partial charge in [-0.1, -0.05) is 53.2 Å². The number of ketones is 1. The van der Waals surface area contributed by atoms with Gasteiger partial charge in [0.1, 0.15) is 0 Å². The molecule has 0 spiro atoms. The number of sulfone groups is 1. The number of benzene rings is 3. The lowest BCUT2D eigenvalue weighted by atomic mass is 10.0. The van der Waals surface area contributed by atoms with Gasteiger partial charge < -0.3 is 5.32 Å². The smallest absolute Gasteiger partial charge is 0.255 e. The third-order valence-corrected chi connectivity index (χ3v) is 6.61. The summed E-state index contributed by atoms with van der Waals surface area (Å²) in [6.45, 7) is 1.56. The molecule has 0 unspecified atom stereocenters. The molecule has 0 aliphatic heterocycles. The molecule has 0 fully saturated rings. The molecule has 0 heterocycles. The maximum absolute atomic E-state index is 12.9. The molecule has 3 aromatic rings. The predicted octanol–water partition coefficient (Wildman–Crippen LogP) is 4.73. The Labute approximate surface area is 177 Å². The van der Waals surface area contributed by atoms with Crippen molar-refractivity contribution in [3.63, 3.8) is 0 Å². The number of hydrogen-bond acceptors (Lipinski definition) is 4. The Morgan fingerprint density at radius 3 is 2.17 bits per heavy atom. The van der Waals surface area contributed by atoms with Crippen molar-refractivity contribution in [1.82, 2.24) is 0 Å². The SMILES string of the molecule is CCS(=O)(=O)c1ccc(C(=O)Nc2ccc(Br)cc2C(=O)c2ccccc2)cc1. The summed E-state index contributed by atoms with van der Waals surface area (Å²) < 4.78 is 24.5. The minimum atomic E-state index is -3.33. The summed E-state index contributed by atoms with van der Waals surface area (Å²) >= 11 is 3.36. The summed E-state index contributed by atoms with van der Waals surface area (Å²) in [5.41, 5.74) is 1.53. The Hall–Kier alpha value is -2.77. The first-order valence-corrected chi connectivity index (χ1v) is 11.3. The highest BCUT2D eigenvalue weighted by molar-refractivity contribution is 9.10. The largest absolute Gasteiger partial charge is 0.321 e. The van der Waals surface area contributed by atoms with E-state index in [0.717, 1.165) is 0 Å². The zero-order valence-electron chi connectivity index (χ0n) is 15.6. The van der Waals surface area contributed by atoms with Crippen molar-refractivity contribution < 1.29 is 18.0 Å². The minimum absolute atomic E-state index is 0.0115. The van der Waals surface area contributed by atoms with E-state index in [1.165, 1.54) is 24.3 Å². The first kappa shape index (κ1) is 21.0. The summed E-state index contributed by atoms with van der Waals surface area (Å²) in [7, 11) is -3.33. The van der Waals surface area contributed by atoms with Crippen LogP contribution in [0.2, 0.25) is 0 Å². The standard InChI is InChI=1S/C22H18BrNO4S/c1-2-29(27,28)18-11-8-16(9-12-18)22(26)24-20-13-10-17(23)14-19(20)21(25)15-6-4-3-5-7-15/h3-14H,2H2,1H3,(H,24,26). The summed E-state index contributed by atoms with van der Waals surface area (Å²) in [6, 6.07) is 19.5. The van der Waals surface area contributed by atoms with Crippen LogP contribution < -0.4 is 5.32 Å². The average Bonchev–Trinajstić information content (AvgIpc) is 2.75. The van der Waals surface area contributed by atoms with Gasteiger partial charge in [0.15, 0.2) is 15.6 Å². The summed E-state index contributed by atoms with van der Waals surface area (Å²) in [6.07, 6.45) is 0. The van der Waals surface area contributed by atoms with E-state index in [9.17, 15) is 18.0 Å². The quantitative estimate of drug-likeness (QED) is 0.527. The van der Waals surface area contributed by atoms with E-state index in [1.54, 1.807) is 49.4 Å². The molecule has 5 nitrogen and oxygen atoms in total. The van der Waals surface area contributed by atoms with Gasteiger partial charge in [0.2, 0.25) is 0 Å². The zero-order chi connectivity index (χ0) is 21.0. The van der Waals surface area contributed by atoms with Crippen LogP contribution in [0.4, 0.5) is 5.69 Å². The molecular formula is C22H18BrNO4S. The van der Waals surface area contributed by atoms with E-state index >= 15 is 0 Å². The number of hydrogen-bond donors (Lipinski definition) is 1. The number of amides is 1. The average molecular weight is 472 g/mol. The number of halogens is 1. The fraction of sp³-hybridized carbons (Fsp3) is 0.0909. The van der Waals surface area contributed by atoms with Gasteiger partial charge >= 0.3 is 0 Å². The fourth-order valence-corrected chi connectivity index (χ4v) is 3.98. The monoisotopic (exact) mass is 471 g/mol. The van der Waals surface area contributed by atoms with Gasteiger partial charge in [0.05, 0.1) is 16.3 Å². The van der Waals surface area contributed by atoms with Crippen LogP contribution >= 0.6 is 15.9 Å². The number of anilines is 1. The molecule has 0 saturated carbocycles. The van der Waals surface area contributed by atoms with Crippen molar-refractivity contribution >= 4 is 43.1 Å². The maximum Gasteiger partial charge on any atom is 0.255 e. The van der Waals surface area contributed by atoms with Crippen LogP contribution in [-0.4, -0.2) is 25.9 Å². The lowest BCUT2D eigenvalue weighted by molar-refractivity contribution is 0.102. The molecule has 0 saturated heterocycles. The highest BCUT2D eigenvalue weighted by Crippen LogP contribution is 2.25. The van der Waals surface area contributed by atoms with Crippen molar-refractivity contribution in [3.8, 4) is 0 Å². The molecule has 1 N–H and O–H groups in total. The molecule has 0 radical (unpaired) electrons. The van der Waals surface area contributed by atoms with E-state index < -0.39 is 15.7 Å². The van der Waals surface area contributed by atoms with Crippen molar-refractivity contribution in [2.75, 3.05) is 11.1 Å². The van der Waals surface area contributed by atoms with Crippen molar-refractivity contribution in [3.05, 3.63) is 94.0 Å². The summed E-state index contributed by atoms with van der Waals surface area (Å²) in [5, 5.41) is 2.75. The molecule has 0 aliphatic rings. The number of carbonyl (C=O) groups is 2. The second-order valence-electron chi connectivity index (χ2n) is 6.27. The fourth-order valence-electron chi connectivity index (χ4n) is 2.73. The van der Waals surface area contributed by atoms with Crippen LogP contribution in [0, 0.1) is 0 Å². The van der Waals surface area contributed by atoms with Gasteiger partial charge in [-0.3, -0.25) is 9.59 Å². The van der Waals surface area contributed by atoms with E-state index in [4.69, 9.17) is 0 Å². The number of rotatable bonds is 6. The highest BCUT2D eigenvalue weighted by Gasteiger charge is 2.17. The Bertz CT molecular complexity index is 1160. The lowest BCUT2D eigenvalue weighted by Crippen LogP contribution is -2.15. The minimum Gasteiger partial charge on any atom is -0.321 e. The second-order valence-corrected chi connectivity index (χ2v) is 9.46. The molecule has 1 amide bonds. The van der Waals surface area contributed by atoms with Crippen LogP contribution in [0.1, 0.15) is 33.2 Å². The maximum atomic E-state index is 12.9. The van der Waals surface area contributed by atoms with Gasteiger partial charge in [-0.2, -0.15) is 0 Å². The molecule has 3 rings (SSSR count). The van der Waals surface area contributed by atoms with Crippen molar-refractivity contribution in [2.24, 2.45) is 0 Å². The normalized spacial score (nSPS) is 11.1. The van der Waals surface area contributed by atoms with Gasteiger partial charge in [-0.15, -0.1) is 0 Å². The van der Waals surface area contributed by atoms with Crippen LogP contribution in [0.3, 0.4) is 0 Å². The molecule has 3 aromatic carbocycles. The van der Waals surface area contributed by atoms with Crippen LogP contribution in [0.25, 0.3) is 0 Å². The Balaban J connectivity index is 1.89. The number of carbonyl (C=O) groups excluding carboxylic acids is 2. The van der Waals surface area contributed by atoms with Gasteiger partial charge in [0, 0.05) is 21.2 Å². The second kappa shape index (κ2) is 8.71. The van der Waals surface area contributed by atoms with Crippen molar-refractivity contribution in [2.45, 2.75) is 11.8 Å². The van der Waals surface area contributed by atoms with Gasteiger partial charge in [0.25, 0.3) is 5.91 Å². The molecular weight excluding hydrogens is 454 g/mol. The highest BCUT2D eigenvalue weighted by atomic mass is 79.9. The first-order chi connectivity index (χ1) is 13.8. The molecule has 0 atom stereocenters. The molecule has 0 bridgehead atoms. The Morgan fingerprint density at radius 2 is 1.55 bits per heavy atom. The van der Waals surface area contributed by atoms with Crippen LogP contribution in [-0.2, 0) is 9.84 Å². The molecule has 29 heavy (non-hydrogen) atoms. The molecule has 0 aliphatic carbocycles. The third-order valence-electron chi connectivity index (χ3n) is 4.37. The van der Waals surface area contributed by atoms with Gasteiger partial charge in [-0.05, 0) is 42.5 Å². The van der Waals surface area contributed by atoms with E-state index in [2.05, 4.69) is 21.2 Å². The van der Waals surface area contributed by atoms with Crippen LogP contribution in [0.15, 0.2) is 82.2 Å². The predicted molar refractivity (Wildman–Crippen MR) is 116 cm³/mol. The topological polar surface area (TPSA) is 80.3 Å². The van der Waals surface area contributed by atoms with E-state index in [-0.39, 0.29) is 16.4 Å². The van der Waals surface area contributed by atoms with Crippen molar-refractivity contribution in [1.29, 1.82) is 0 Å².